The Morgan fingerprint density at radius 1 is 1.12 bits per heavy atom. The van der Waals surface area contributed by atoms with Gasteiger partial charge in [-0.25, -0.2) is 10.2 Å². The molecule has 3 rings (SSSR count). The number of halogens is 1. The monoisotopic (exact) mass is 525 g/mol. The van der Waals surface area contributed by atoms with Crippen molar-refractivity contribution in [3.63, 3.8) is 0 Å². The summed E-state index contributed by atoms with van der Waals surface area (Å²) >= 11 is 3.43. The van der Waals surface area contributed by atoms with Crippen LogP contribution in [0.2, 0.25) is 0 Å². The minimum Gasteiger partial charge on any atom is -0.482 e. The molecule has 34 heavy (non-hydrogen) atoms. The maximum Gasteiger partial charge on any atom is 0.343 e. The average molecular weight is 526 g/mol. The lowest BCUT2D eigenvalue weighted by molar-refractivity contribution is -0.384. The third-order valence-electron chi connectivity index (χ3n) is 4.51. The molecular formula is C24H20BrN3O6. The highest BCUT2D eigenvalue weighted by molar-refractivity contribution is 9.10. The second-order valence-electron chi connectivity index (χ2n) is 7.24. The Hall–Kier alpha value is -4.05. The number of nitrogens with zero attached hydrogens (tertiary/aromatic N) is 2. The number of nitro benzene ring substituents is 1. The lowest BCUT2D eigenvalue weighted by Gasteiger charge is -2.11. The zero-order valence-corrected chi connectivity index (χ0v) is 19.9. The smallest absolute Gasteiger partial charge is 0.343 e. The number of amides is 1. The summed E-state index contributed by atoms with van der Waals surface area (Å²) in [7, 11) is 0. The summed E-state index contributed by atoms with van der Waals surface area (Å²) in [5.74, 6) is -0.259. The first-order valence-corrected chi connectivity index (χ1v) is 10.8. The Kier molecular flexibility index (Phi) is 8.10. The van der Waals surface area contributed by atoms with Crippen LogP contribution in [-0.4, -0.2) is 29.6 Å². The number of nitro groups is 1. The van der Waals surface area contributed by atoms with E-state index in [0.717, 1.165) is 15.6 Å². The minimum atomic E-state index is -0.660. The molecule has 0 heterocycles. The van der Waals surface area contributed by atoms with Crippen LogP contribution in [0.1, 0.15) is 27.0 Å². The van der Waals surface area contributed by atoms with Gasteiger partial charge in [-0.2, -0.15) is 5.10 Å². The molecule has 0 atom stereocenters. The molecule has 3 aromatic rings. The first kappa shape index (κ1) is 24.6. The molecule has 0 aliphatic carbocycles. The van der Waals surface area contributed by atoms with Crippen molar-refractivity contribution in [2.24, 2.45) is 5.10 Å². The van der Waals surface area contributed by atoms with Gasteiger partial charge >= 0.3 is 5.97 Å². The first-order chi connectivity index (χ1) is 16.2. The number of hydrazone groups is 1. The summed E-state index contributed by atoms with van der Waals surface area (Å²) in [6.07, 6.45) is 1.40. The number of hydrogen-bond acceptors (Lipinski definition) is 7. The van der Waals surface area contributed by atoms with Crippen molar-refractivity contribution in [1.82, 2.24) is 5.43 Å². The highest BCUT2D eigenvalue weighted by atomic mass is 79.9. The fraction of sp³-hybridized carbons (Fsp3) is 0.125. The van der Waals surface area contributed by atoms with Crippen LogP contribution in [0.15, 0.2) is 70.2 Å². The van der Waals surface area contributed by atoms with Crippen molar-refractivity contribution >= 4 is 39.7 Å². The molecule has 0 bridgehead atoms. The van der Waals surface area contributed by atoms with E-state index in [2.05, 4.69) is 26.5 Å². The molecule has 0 radical (unpaired) electrons. The fourth-order valence-corrected chi connectivity index (χ4v) is 3.77. The summed E-state index contributed by atoms with van der Waals surface area (Å²) in [5, 5.41) is 14.6. The van der Waals surface area contributed by atoms with Crippen LogP contribution < -0.4 is 14.9 Å². The number of esters is 1. The van der Waals surface area contributed by atoms with Gasteiger partial charge in [-0.05, 0) is 76.8 Å². The van der Waals surface area contributed by atoms with E-state index in [1.165, 1.54) is 30.5 Å². The van der Waals surface area contributed by atoms with Gasteiger partial charge in [0.1, 0.15) is 11.5 Å². The van der Waals surface area contributed by atoms with E-state index >= 15 is 0 Å². The molecule has 1 N–H and O–H groups in total. The Balaban J connectivity index is 1.54. The standard InChI is InChI=1S/C24H20BrN3O6/c1-15-10-16(2)23(21(25)11-15)33-14-22(29)27-26-13-17-4-3-5-20(12-17)34-24(30)18-6-8-19(9-7-18)28(31)32/h3-13H,14H2,1-2H3,(H,27,29). The van der Waals surface area contributed by atoms with Crippen molar-refractivity contribution in [1.29, 1.82) is 0 Å². The highest BCUT2D eigenvalue weighted by Crippen LogP contribution is 2.30. The molecule has 0 saturated heterocycles. The maximum atomic E-state index is 12.3. The molecular weight excluding hydrogens is 506 g/mol. The van der Waals surface area contributed by atoms with Crippen molar-refractivity contribution in [3.05, 3.63) is 97.5 Å². The van der Waals surface area contributed by atoms with E-state index in [9.17, 15) is 19.7 Å². The number of rotatable bonds is 8. The van der Waals surface area contributed by atoms with E-state index in [4.69, 9.17) is 9.47 Å². The van der Waals surface area contributed by atoms with Crippen LogP contribution in [0.25, 0.3) is 0 Å². The molecule has 0 fully saturated rings. The second-order valence-corrected chi connectivity index (χ2v) is 8.09. The number of carbonyl (C=O) groups is 2. The van der Waals surface area contributed by atoms with Gasteiger partial charge in [0.05, 0.1) is 21.2 Å². The first-order valence-electron chi connectivity index (χ1n) is 10.0. The van der Waals surface area contributed by atoms with E-state index < -0.39 is 16.8 Å². The number of aryl methyl sites for hydroxylation is 2. The molecule has 0 aromatic heterocycles. The second kappa shape index (κ2) is 11.2. The molecule has 9 nitrogen and oxygen atoms in total. The van der Waals surface area contributed by atoms with Gasteiger partial charge in [0.25, 0.3) is 11.6 Å². The van der Waals surface area contributed by atoms with Gasteiger partial charge < -0.3 is 9.47 Å². The fourth-order valence-electron chi connectivity index (χ4n) is 2.98. The Morgan fingerprint density at radius 2 is 1.85 bits per heavy atom. The molecule has 0 aliphatic rings. The van der Waals surface area contributed by atoms with Gasteiger partial charge in [0.2, 0.25) is 0 Å². The number of benzene rings is 3. The van der Waals surface area contributed by atoms with Crippen LogP contribution in [0.4, 0.5) is 5.69 Å². The normalized spacial score (nSPS) is 10.7. The molecule has 0 aliphatic heterocycles. The largest absolute Gasteiger partial charge is 0.482 e. The zero-order chi connectivity index (χ0) is 24.7. The molecule has 0 unspecified atom stereocenters. The van der Waals surface area contributed by atoms with E-state index in [-0.39, 0.29) is 23.6 Å². The van der Waals surface area contributed by atoms with Crippen molar-refractivity contribution in [3.8, 4) is 11.5 Å². The predicted octanol–water partition coefficient (Wildman–Crippen LogP) is 4.72. The quantitative estimate of drug-likeness (QED) is 0.149. The summed E-state index contributed by atoms with van der Waals surface area (Å²) in [4.78, 5) is 34.5. The Morgan fingerprint density at radius 3 is 2.53 bits per heavy atom. The Labute approximate surface area is 203 Å². The van der Waals surface area contributed by atoms with Crippen molar-refractivity contribution in [2.45, 2.75) is 13.8 Å². The van der Waals surface area contributed by atoms with Gasteiger partial charge in [-0.15, -0.1) is 0 Å². The van der Waals surface area contributed by atoms with Gasteiger partial charge in [-0.1, -0.05) is 18.2 Å². The number of non-ortho nitro benzene ring substituents is 1. The summed E-state index contributed by atoms with van der Waals surface area (Å²) in [6, 6.07) is 15.5. The molecule has 3 aromatic carbocycles. The molecule has 10 heteroatoms. The van der Waals surface area contributed by atoms with Gasteiger partial charge in [0, 0.05) is 12.1 Å². The summed E-state index contributed by atoms with van der Waals surface area (Å²) in [6.45, 7) is 3.64. The van der Waals surface area contributed by atoms with Crippen molar-refractivity contribution in [2.75, 3.05) is 6.61 Å². The predicted molar refractivity (Wildman–Crippen MR) is 129 cm³/mol. The van der Waals surface area contributed by atoms with Crippen LogP contribution in [-0.2, 0) is 4.79 Å². The van der Waals surface area contributed by atoms with Crippen LogP contribution in [0.5, 0.6) is 11.5 Å². The SMILES string of the molecule is Cc1cc(C)c(OCC(=O)NN=Cc2cccc(OC(=O)c3ccc([N+](=O)[O-])cc3)c2)c(Br)c1. The summed E-state index contributed by atoms with van der Waals surface area (Å²) in [5.41, 5.74) is 4.99. The van der Waals surface area contributed by atoms with Gasteiger partial charge in [0.15, 0.2) is 6.61 Å². The lowest BCUT2D eigenvalue weighted by Crippen LogP contribution is -2.24. The zero-order valence-electron chi connectivity index (χ0n) is 18.3. The lowest BCUT2D eigenvalue weighted by atomic mass is 10.1. The van der Waals surface area contributed by atoms with Crippen LogP contribution in [0, 0.1) is 24.0 Å². The third kappa shape index (κ3) is 6.72. The average Bonchev–Trinajstić information content (AvgIpc) is 2.78. The van der Waals surface area contributed by atoms with Crippen LogP contribution >= 0.6 is 15.9 Å². The topological polar surface area (TPSA) is 120 Å². The van der Waals surface area contributed by atoms with E-state index in [1.54, 1.807) is 24.3 Å². The number of nitrogens with one attached hydrogen (secondary N) is 1. The van der Waals surface area contributed by atoms with Gasteiger partial charge in [-0.3, -0.25) is 14.9 Å². The molecule has 0 saturated carbocycles. The van der Waals surface area contributed by atoms with E-state index in [0.29, 0.717) is 11.3 Å². The van der Waals surface area contributed by atoms with Crippen LogP contribution in [0.3, 0.4) is 0 Å². The third-order valence-corrected chi connectivity index (χ3v) is 5.10. The molecule has 1 amide bonds. The van der Waals surface area contributed by atoms with Crippen molar-refractivity contribution < 1.29 is 24.0 Å². The maximum absolute atomic E-state index is 12.3. The minimum absolute atomic E-state index is 0.121. The molecule has 174 valence electrons. The summed E-state index contributed by atoms with van der Waals surface area (Å²) < 4.78 is 11.7. The van der Waals surface area contributed by atoms with E-state index in [1.807, 2.05) is 26.0 Å². The Bertz CT molecular complexity index is 1230. The number of carbonyl (C=O) groups excluding carboxylic acids is 2. The highest BCUT2D eigenvalue weighted by Gasteiger charge is 2.12. The number of ether oxygens (including phenoxy) is 2. The number of hydrogen-bond donors (Lipinski definition) is 1. The molecule has 0 spiro atoms.